The maximum absolute atomic E-state index is 14.3. The predicted octanol–water partition coefficient (Wildman–Crippen LogP) is 4.69. The van der Waals surface area contributed by atoms with Crippen LogP contribution in [0.5, 0.6) is 0 Å². The number of aryl methyl sites for hydroxylation is 3. The second-order valence-electron chi connectivity index (χ2n) is 6.13. The zero-order chi connectivity index (χ0) is 19.7. The van der Waals surface area contributed by atoms with Crippen LogP contribution in [-0.2, 0) is 4.79 Å². The molecular weight excluding hydrogens is 385 g/mol. The molecule has 0 unspecified atom stereocenters. The number of hydrogen-bond acceptors (Lipinski definition) is 6. The van der Waals surface area contributed by atoms with Crippen molar-refractivity contribution in [3.8, 4) is 0 Å². The van der Waals surface area contributed by atoms with E-state index in [0.717, 1.165) is 31.7 Å². The van der Waals surface area contributed by atoms with Crippen molar-refractivity contribution in [1.82, 2.24) is 9.97 Å². The highest BCUT2D eigenvalue weighted by Crippen LogP contribution is 2.35. The van der Waals surface area contributed by atoms with Gasteiger partial charge in [0.2, 0.25) is 5.91 Å². The Balaban J connectivity index is 1.82. The Labute approximate surface area is 164 Å². The molecule has 0 radical (unpaired) electrons. The Hall–Kier alpha value is -2.32. The first-order valence-electron chi connectivity index (χ1n) is 8.23. The van der Waals surface area contributed by atoms with Crippen molar-refractivity contribution in [1.29, 1.82) is 0 Å². The van der Waals surface area contributed by atoms with Gasteiger partial charge in [-0.3, -0.25) is 9.59 Å². The van der Waals surface area contributed by atoms with Gasteiger partial charge in [-0.25, -0.2) is 14.4 Å². The summed E-state index contributed by atoms with van der Waals surface area (Å²) in [5.74, 6) is -0.575. The largest absolute Gasteiger partial charge is 0.326 e. The molecule has 0 bridgehead atoms. The van der Waals surface area contributed by atoms with E-state index in [1.165, 1.54) is 30.8 Å². The number of fused-ring (bicyclic) bond motifs is 1. The summed E-state index contributed by atoms with van der Waals surface area (Å²) in [6, 6.07) is 4.06. The number of amides is 1. The van der Waals surface area contributed by atoms with Crippen LogP contribution in [0.4, 0.5) is 10.1 Å². The molecule has 2 heterocycles. The number of hydrogen-bond donors (Lipinski definition) is 1. The molecule has 1 aromatic carbocycles. The maximum Gasteiger partial charge on any atom is 0.221 e. The van der Waals surface area contributed by atoms with Crippen LogP contribution in [-0.4, -0.2) is 27.4 Å². The number of carbonyl (C=O) groups is 2. The number of nitrogens with one attached hydrogen (secondary N) is 1. The number of benzene rings is 1. The van der Waals surface area contributed by atoms with Gasteiger partial charge < -0.3 is 5.32 Å². The summed E-state index contributed by atoms with van der Waals surface area (Å²) in [5, 5.41) is 4.19. The monoisotopic (exact) mass is 403 g/mol. The third kappa shape index (κ3) is 4.17. The fraction of sp³-hybridized carbons (Fsp3) is 0.263. The smallest absolute Gasteiger partial charge is 0.221 e. The molecule has 0 fully saturated rings. The third-order valence-electron chi connectivity index (χ3n) is 4.04. The van der Waals surface area contributed by atoms with Crippen molar-refractivity contribution in [2.75, 3.05) is 11.1 Å². The summed E-state index contributed by atoms with van der Waals surface area (Å²) in [7, 11) is 0. The van der Waals surface area contributed by atoms with Crippen LogP contribution in [0, 0.1) is 26.6 Å². The summed E-state index contributed by atoms with van der Waals surface area (Å²) in [6.07, 6.45) is 0. The molecule has 2 aromatic heterocycles. The Morgan fingerprint density at radius 1 is 1.22 bits per heavy atom. The van der Waals surface area contributed by atoms with E-state index in [1.807, 2.05) is 20.8 Å². The van der Waals surface area contributed by atoms with Crippen molar-refractivity contribution >= 4 is 50.7 Å². The Morgan fingerprint density at radius 3 is 2.63 bits per heavy atom. The van der Waals surface area contributed by atoms with E-state index in [0.29, 0.717) is 11.5 Å². The summed E-state index contributed by atoms with van der Waals surface area (Å²) >= 11 is 2.89. The Kier molecular flexibility index (Phi) is 5.57. The van der Waals surface area contributed by atoms with E-state index in [2.05, 4.69) is 15.3 Å². The van der Waals surface area contributed by atoms with E-state index < -0.39 is 5.82 Å². The van der Waals surface area contributed by atoms with Crippen LogP contribution in [0.1, 0.15) is 33.5 Å². The van der Waals surface area contributed by atoms with Gasteiger partial charge in [0.1, 0.15) is 21.5 Å². The molecule has 140 valence electrons. The van der Waals surface area contributed by atoms with Crippen LogP contribution < -0.4 is 5.32 Å². The number of nitrogens with zero attached hydrogens (tertiary/aromatic N) is 2. The quantitative estimate of drug-likeness (QED) is 0.380. The van der Waals surface area contributed by atoms with Crippen LogP contribution in [0.25, 0.3) is 10.2 Å². The second-order valence-corrected chi connectivity index (χ2v) is 8.29. The van der Waals surface area contributed by atoms with Crippen LogP contribution >= 0.6 is 23.1 Å². The van der Waals surface area contributed by atoms with Crippen molar-refractivity contribution < 1.29 is 14.0 Å². The fourth-order valence-corrected chi connectivity index (χ4v) is 4.81. The minimum atomic E-state index is -0.654. The molecule has 8 heteroatoms. The van der Waals surface area contributed by atoms with Gasteiger partial charge in [-0.15, -0.1) is 11.3 Å². The average Bonchev–Trinajstić information content (AvgIpc) is 2.86. The molecule has 0 aliphatic rings. The Bertz CT molecular complexity index is 1060. The summed E-state index contributed by atoms with van der Waals surface area (Å²) < 4.78 is 14.3. The number of thiophene rings is 1. The zero-order valence-electron chi connectivity index (χ0n) is 15.3. The van der Waals surface area contributed by atoms with E-state index in [9.17, 15) is 14.0 Å². The first kappa shape index (κ1) is 19.4. The Morgan fingerprint density at radius 2 is 1.96 bits per heavy atom. The van der Waals surface area contributed by atoms with Gasteiger partial charge in [-0.2, -0.15) is 0 Å². The molecule has 3 rings (SSSR count). The van der Waals surface area contributed by atoms with Gasteiger partial charge in [0.25, 0.3) is 0 Å². The summed E-state index contributed by atoms with van der Waals surface area (Å²) in [4.78, 5) is 34.6. The topological polar surface area (TPSA) is 72.0 Å². The molecule has 1 amide bonds. The predicted molar refractivity (Wildman–Crippen MR) is 107 cm³/mol. The molecule has 0 aliphatic heterocycles. The lowest BCUT2D eigenvalue weighted by atomic mass is 10.1. The minimum Gasteiger partial charge on any atom is -0.326 e. The minimum absolute atomic E-state index is 0.00292. The first-order chi connectivity index (χ1) is 12.8. The molecule has 1 N–H and O–H groups in total. The zero-order valence-corrected chi connectivity index (χ0v) is 17.0. The number of thioether (sulfide) groups is 1. The van der Waals surface area contributed by atoms with Crippen molar-refractivity contribution in [3.63, 3.8) is 0 Å². The molecule has 27 heavy (non-hydrogen) atoms. The third-order valence-corrected chi connectivity index (χ3v) is 6.11. The first-order valence-corrected chi connectivity index (χ1v) is 10.0. The lowest BCUT2D eigenvalue weighted by molar-refractivity contribution is -0.114. The number of ketones is 1. The number of carbonyl (C=O) groups excluding carboxylic acids is 2. The average molecular weight is 404 g/mol. The van der Waals surface area contributed by atoms with E-state index in [-0.39, 0.29) is 23.0 Å². The standard InChI is InChI=1S/C19H18FN3O2S2/c1-9-10(2)27-19-17(9)18(21-11(3)22-19)26-8-16(25)14-6-5-13(7-15(14)20)23-12(4)24/h5-7H,8H2,1-4H3,(H,23,24). The second kappa shape index (κ2) is 7.74. The normalized spacial score (nSPS) is 11.0. The molecule has 0 atom stereocenters. The molecule has 5 nitrogen and oxygen atoms in total. The molecule has 0 spiro atoms. The highest BCUT2D eigenvalue weighted by atomic mass is 32.2. The number of Topliss-reactive ketones (excluding diaryl/α,β-unsaturated/α-hetero) is 1. The summed E-state index contributed by atoms with van der Waals surface area (Å²) in [6.45, 7) is 7.20. The molecular formula is C19H18FN3O2S2. The highest BCUT2D eigenvalue weighted by Gasteiger charge is 2.17. The van der Waals surface area contributed by atoms with Crippen molar-refractivity contribution in [3.05, 3.63) is 45.8 Å². The van der Waals surface area contributed by atoms with Gasteiger partial charge in [-0.05, 0) is 44.5 Å². The lowest BCUT2D eigenvalue weighted by Gasteiger charge is -2.07. The van der Waals surface area contributed by atoms with E-state index in [1.54, 1.807) is 11.3 Å². The number of anilines is 1. The SMILES string of the molecule is CC(=O)Nc1ccc(C(=O)CSc2nc(C)nc3sc(C)c(C)c23)c(F)c1. The van der Waals surface area contributed by atoms with Gasteiger partial charge in [-0.1, -0.05) is 11.8 Å². The van der Waals surface area contributed by atoms with Gasteiger partial charge in [0, 0.05) is 22.9 Å². The van der Waals surface area contributed by atoms with Crippen LogP contribution in [0.3, 0.4) is 0 Å². The van der Waals surface area contributed by atoms with Gasteiger partial charge in [0.05, 0.1) is 11.3 Å². The van der Waals surface area contributed by atoms with Crippen molar-refractivity contribution in [2.24, 2.45) is 0 Å². The van der Waals surface area contributed by atoms with Gasteiger partial charge in [0.15, 0.2) is 5.78 Å². The molecule has 0 aliphatic carbocycles. The molecule has 3 aromatic rings. The van der Waals surface area contributed by atoms with E-state index in [4.69, 9.17) is 0 Å². The lowest BCUT2D eigenvalue weighted by Crippen LogP contribution is -2.09. The number of halogens is 1. The van der Waals surface area contributed by atoms with Crippen LogP contribution in [0.15, 0.2) is 23.2 Å². The van der Waals surface area contributed by atoms with Crippen molar-refractivity contribution in [2.45, 2.75) is 32.7 Å². The summed E-state index contributed by atoms with van der Waals surface area (Å²) in [5.41, 5.74) is 1.43. The maximum atomic E-state index is 14.3. The number of rotatable bonds is 5. The highest BCUT2D eigenvalue weighted by molar-refractivity contribution is 8.00. The molecule has 0 saturated heterocycles. The van der Waals surface area contributed by atoms with Crippen LogP contribution in [0.2, 0.25) is 0 Å². The number of aromatic nitrogens is 2. The van der Waals surface area contributed by atoms with E-state index >= 15 is 0 Å². The van der Waals surface area contributed by atoms with Gasteiger partial charge >= 0.3 is 0 Å². The molecule has 0 saturated carbocycles. The fourth-order valence-electron chi connectivity index (χ4n) is 2.65.